The molecule has 0 saturated carbocycles. The molecule has 1 aromatic carbocycles. The molecule has 0 fully saturated rings. The van der Waals surface area contributed by atoms with Gasteiger partial charge in [-0.25, -0.2) is 4.39 Å². The Morgan fingerprint density at radius 3 is 2.69 bits per heavy atom. The quantitative estimate of drug-likeness (QED) is 0.893. The molecule has 1 aromatic rings. The lowest BCUT2D eigenvalue weighted by Crippen LogP contribution is -2.45. The van der Waals surface area contributed by atoms with Crippen molar-refractivity contribution in [2.24, 2.45) is 11.7 Å². The van der Waals surface area contributed by atoms with Crippen molar-refractivity contribution in [2.45, 2.75) is 39.2 Å². The zero-order chi connectivity index (χ0) is 12.3. The van der Waals surface area contributed by atoms with Crippen LogP contribution in [0.4, 0.5) is 4.39 Å². The Kier molecular flexibility index (Phi) is 4.51. The Hall–Kier alpha value is -0.410. The van der Waals surface area contributed by atoms with Crippen LogP contribution in [0.1, 0.15) is 32.8 Å². The van der Waals surface area contributed by atoms with Crippen molar-refractivity contribution >= 4 is 15.9 Å². The van der Waals surface area contributed by atoms with E-state index in [4.69, 9.17) is 5.73 Å². The van der Waals surface area contributed by atoms with Crippen LogP contribution in [0.2, 0.25) is 0 Å². The van der Waals surface area contributed by atoms with E-state index in [0.717, 1.165) is 10.9 Å². The van der Waals surface area contributed by atoms with Crippen molar-refractivity contribution < 1.29 is 4.39 Å². The summed E-state index contributed by atoms with van der Waals surface area (Å²) in [4.78, 5) is 0. The number of benzene rings is 1. The molecule has 0 aliphatic carbocycles. The summed E-state index contributed by atoms with van der Waals surface area (Å²) in [6, 6.07) is 4.99. The average molecular weight is 288 g/mol. The lowest BCUT2D eigenvalue weighted by molar-refractivity contribution is 0.303. The highest BCUT2D eigenvalue weighted by Crippen LogP contribution is 2.25. The summed E-state index contributed by atoms with van der Waals surface area (Å²) in [5.74, 6) is 0.189. The average Bonchev–Trinajstić information content (AvgIpc) is 2.22. The van der Waals surface area contributed by atoms with E-state index >= 15 is 0 Å². The van der Waals surface area contributed by atoms with E-state index in [2.05, 4.69) is 29.8 Å². The van der Waals surface area contributed by atoms with Crippen molar-refractivity contribution in [3.63, 3.8) is 0 Å². The van der Waals surface area contributed by atoms with Gasteiger partial charge in [0.25, 0.3) is 0 Å². The fourth-order valence-electron chi connectivity index (χ4n) is 1.73. The molecule has 16 heavy (non-hydrogen) atoms. The summed E-state index contributed by atoms with van der Waals surface area (Å²) in [5.41, 5.74) is 6.56. The van der Waals surface area contributed by atoms with Gasteiger partial charge in [-0.3, -0.25) is 0 Å². The zero-order valence-electron chi connectivity index (χ0n) is 10.1. The van der Waals surface area contributed by atoms with E-state index in [1.807, 2.05) is 13.0 Å². The highest BCUT2D eigenvalue weighted by Gasteiger charge is 2.26. The predicted molar refractivity (Wildman–Crippen MR) is 69.9 cm³/mol. The Bertz CT molecular complexity index is 363. The molecule has 2 atom stereocenters. The minimum absolute atomic E-state index is 0.178. The third kappa shape index (κ3) is 3.29. The Balaban J connectivity index is 2.91. The maximum atomic E-state index is 13.6. The topological polar surface area (TPSA) is 26.0 Å². The molecule has 2 N–H and O–H groups in total. The van der Waals surface area contributed by atoms with Gasteiger partial charge in [0, 0.05) is 10.0 Å². The zero-order valence-corrected chi connectivity index (χ0v) is 11.6. The first kappa shape index (κ1) is 13.7. The van der Waals surface area contributed by atoms with E-state index in [9.17, 15) is 4.39 Å². The van der Waals surface area contributed by atoms with Gasteiger partial charge in [0.05, 0.1) is 0 Å². The lowest BCUT2D eigenvalue weighted by Gasteiger charge is -2.31. The monoisotopic (exact) mass is 287 g/mol. The SMILES string of the molecule is CCC(C)C(C)(N)Cc1cc(Br)ccc1F. The van der Waals surface area contributed by atoms with Gasteiger partial charge >= 0.3 is 0 Å². The van der Waals surface area contributed by atoms with Gasteiger partial charge in [-0.2, -0.15) is 0 Å². The van der Waals surface area contributed by atoms with Gasteiger partial charge in [-0.15, -0.1) is 0 Å². The van der Waals surface area contributed by atoms with Crippen LogP contribution in [0.3, 0.4) is 0 Å². The molecule has 0 aromatic heterocycles. The smallest absolute Gasteiger partial charge is 0.126 e. The molecular weight excluding hydrogens is 269 g/mol. The van der Waals surface area contributed by atoms with E-state index in [1.165, 1.54) is 6.07 Å². The fraction of sp³-hybridized carbons (Fsp3) is 0.538. The molecule has 2 unspecified atom stereocenters. The van der Waals surface area contributed by atoms with Crippen LogP contribution < -0.4 is 5.73 Å². The maximum Gasteiger partial charge on any atom is 0.126 e. The van der Waals surface area contributed by atoms with E-state index in [-0.39, 0.29) is 11.4 Å². The summed E-state index contributed by atoms with van der Waals surface area (Å²) in [6.07, 6.45) is 1.57. The van der Waals surface area contributed by atoms with Crippen molar-refractivity contribution in [2.75, 3.05) is 0 Å². The third-order valence-electron chi connectivity index (χ3n) is 3.32. The summed E-state index contributed by atoms with van der Waals surface area (Å²) < 4.78 is 14.5. The first-order chi connectivity index (χ1) is 7.36. The molecular formula is C13H19BrFN. The van der Waals surface area contributed by atoms with Crippen LogP contribution >= 0.6 is 15.9 Å². The number of nitrogens with two attached hydrogens (primary N) is 1. The molecule has 0 aliphatic rings. The first-order valence-electron chi connectivity index (χ1n) is 5.59. The first-order valence-corrected chi connectivity index (χ1v) is 6.39. The van der Waals surface area contributed by atoms with Gasteiger partial charge in [0.2, 0.25) is 0 Å². The van der Waals surface area contributed by atoms with Gasteiger partial charge < -0.3 is 5.73 Å². The molecule has 0 radical (unpaired) electrons. The number of rotatable bonds is 4. The van der Waals surface area contributed by atoms with E-state index in [0.29, 0.717) is 17.9 Å². The van der Waals surface area contributed by atoms with Crippen molar-refractivity contribution in [3.8, 4) is 0 Å². The van der Waals surface area contributed by atoms with Crippen LogP contribution in [0, 0.1) is 11.7 Å². The van der Waals surface area contributed by atoms with Crippen LogP contribution in [0.15, 0.2) is 22.7 Å². The standard InChI is InChI=1S/C13H19BrFN/c1-4-9(2)13(3,16)8-10-7-11(14)5-6-12(10)15/h5-7,9H,4,8,16H2,1-3H3. The number of hydrogen-bond donors (Lipinski definition) is 1. The second-order valence-electron chi connectivity index (χ2n) is 4.73. The molecule has 1 rings (SSSR count). The number of halogens is 2. The number of hydrogen-bond acceptors (Lipinski definition) is 1. The van der Waals surface area contributed by atoms with E-state index in [1.54, 1.807) is 6.07 Å². The van der Waals surface area contributed by atoms with Gasteiger partial charge in [0.15, 0.2) is 0 Å². The maximum absolute atomic E-state index is 13.6. The minimum Gasteiger partial charge on any atom is -0.325 e. The van der Waals surface area contributed by atoms with Crippen LogP contribution in [0.5, 0.6) is 0 Å². The molecule has 0 spiro atoms. The van der Waals surface area contributed by atoms with Crippen molar-refractivity contribution in [1.29, 1.82) is 0 Å². The summed E-state index contributed by atoms with van der Waals surface area (Å²) in [5, 5.41) is 0. The Labute approximate surface area is 105 Å². The van der Waals surface area contributed by atoms with Crippen LogP contribution in [-0.2, 0) is 6.42 Å². The van der Waals surface area contributed by atoms with Crippen molar-refractivity contribution in [1.82, 2.24) is 0 Å². The normalized spacial score (nSPS) is 16.9. The lowest BCUT2D eigenvalue weighted by atomic mass is 9.81. The van der Waals surface area contributed by atoms with Gasteiger partial charge in [-0.1, -0.05) is 36.2 Å². The molecule has 0 aliphatic heterocycles. The summed E-state index contributed by atoms with van der Waals surface area (Å²) >= 11 is 3.35. The van der Waals surface area contributed by atoms with Crippen LogP contribution in [-0.4, -0.2) is 5.54 Å². The molecule has 0 heterocycles. The molecule has 1 nitrogen and oxygen atoms in total. The summed E-state index contributed by atoms with van der Waals surface area (Å²) in [7, 11) is 0. The van der Waals surface area contributed by atoms with Crippen molar-refractivity contribution in [3.05, 3.63) is 34.1 Å². The molecule has 0 amide bonds. The van der Waals surface area contributed by atoms with Crippen LogP contribution in [0.25, 0.3) is 0 Å². The largest absolute Gasteiger partial charge is 0.325 e. The molecule has 0 bridgehead atoms. The van der Waals surface area contributed by atoms with Gasteiger partial charge in [0.1, 0.15) is 5.82 Å². The Morgan fingerprint density at radius 1 is 1.50 bits per heavy atom. The highest BCUT2D eigenvalue weighted by molar-refractivity contribution is 9.10. The summed E-state index contributed by atoms with van der Waals surface area (Å²) in [6.45, 7) is 6.20. The highest BCUT2D eigenvalue weighted by atomic mass is 79.9. The van der Waals surface area contributed by atoms with Gasteiger partial charge in [-0.05, 0) is 43.0 Å². The van der Waals surface area contributed by atoms with E-state index < -0.39 is 0 Å². The minimum atomic E-state index is -0.365. The fourth-order valence-corrected chi connectivity index (χ4v) is 2.14. The predicted octanol–water partition coefficient (Wildman–Crippen LogP) is 3.89. The second-order valence-corrected chi connectivity index (χ2v) is 5.64. The molecule has 90 valence electrons. The second kappa shape index (κ2) is 5.28. The molecule has 0 saturated heterocycles. The third-order valence-corrected chi connectivity index (χ3v) is 3.81. The molecule has 3 heteroatoms. The Morgan fingerprint density at radius 2 is 2.12 bits per heavy atom.